The Labute approximate surface area is 133 Å². The lowest BCUT2D eigenvalue weighted by Crippen LogP contribution is -2.29. The minimum atomic E-state index is 0.537. The molecule has 0 radical (unpaired) electrons. The van der Waals surface area contributed by atoms with Gasteiger partial charge in [-0.15, -0.1) is 6.58 Å². The predicted molar refractivity (Wildman–Crippen MR) is 89.4 cm³/mol. The number of ether oxygens (including phenoxy) is 2. The van der Waals surface area contributed by atoms with Crippen LogP contribution >= 0.6 is 11.6 Å². The number of benzene rings is 1. The lowest BCUT2D eigenvalue weighted by Gasteiger charge is -2.13. The average molecular weight is 312 g/mol. The van der Waals surface area contributed by atoms with Crippen LogP contribution in [0.15, 0.2) is 30.9 Å². The van der Waals surface area contributed by atoms with E-state index in [1.54, 1.807) is 0 Å². The maximum atomic E-state index is 5.99. The largest absolute Gasteiger partial charge is 0.491 e. The fraction of sp³-hybridized carbons (Fsp3) is 0.529. The van der Waals surface area contributed by atoms with Crippen LogP contribution in [0.1, 0.15) is 25.8 Å². The molecule has 0 aliphatic carbocycles. The highest BCUT2D eigenvalue weighted by Crippen LogP contribution is 2.23. The Kier molecular flexibility index (Phi) is 9.15. The van der Waals surface area contributed by atoms with Crippen molar-refractivity contribution in [3.8, 4) is 5.75 Å². The quantitative estimate of drug-likeness (QED) is 0.497. The molecule has 0 aliphatic heterocycles. The van der Waals surface area contributed by atoms with Crippen LogP contribution < -0.4 is 10.1 Å². The fourth-order valence-corrected chi connectivity index (χ4v) is 2.03. The number of halogens is 1. The molecule has 0 saturated carbocycles. The molecular formula is C17H26ClNO2. The summed E-state index contributed by atoms with van der Waals surface area (Å²) in [5, 5.41) is 4.10. The summed E-state index contributed by atoms with van der Waals surface area (Å²) in [6.45, 7) is 10.8. The van der Waals surface area contributed by atoms with E-state index < -0.39 is 0 Å². The first-order valence-electron chi connectivity index (χ1n) is 7.50. The maximum Gasteiger partial charge on any atom is 0.123 e. The molecule has 0 amide bonds. The van der Waals surface area contributed by atoms with Gasteiger partial charge in [0.1, 0.15) is 12.4 Å². The Bertz CT molecular complexity index is 423. The molecule has 1 aromatic rings. The number of hydrogen-bond donors (Lipinski definition) is 1. The highest BCUT2D eigenvalue weighted by Gasteiger charge is 2.03. The van der Waals surface area contributed by atoms with Crippen molar-refractivity contribution in [2.24, 2.45) is 0 Å². The minimum absolute atomic E-state index is 0.537. The fourth-order valence-electron chi connectivity index (χ4n) is 1.84. The molecule has 118 valence electrons. The number of nitrogens with one attached hydrogen (secondary N) is 1. The molecule has 0 fully saturated rings. The Morgan fingerprint density at radius 1 is 1.33 bits per heavy atom. The highest BCUT2D eigenvalue weighted by molar-refractivity contribution is 6.30. The van der Waals surface area contributed by atoms with Gasteiger partial charge in [-0.1, -0.05) is 24.6 Å². The molecule has 1 N–H and O–H groups in total. The molecule has 0 heterocycles. The Morgan fingerprint density at radius 3 is 2.86 bits per heavy atom. The van der Waals surface area contributed by atoms with Crippen LogP contribution in [0.4, 0.5) is 0 Å². The van der Waals surface area contributed by atoms with Crippen LogP contribution in [0.2, 0.25) is 5.02 Å². The van der Waals surface area contributed by atoms with E-state index in [1.807, 2.05) is 24.3 Å². The van der Waals surface area contributed by atoms with E-state index in [2.05, 4.69) is 25.7 Å². The average Bonchev–Trinajstić information content (AvgIpc) is 2.48. The van der Waals surface area contributed by atoms with Crippen molar-refractivity contribution >= 4 is 11.6 Å². The second-order valence-corrected chi connectivity index (χ2v) is 5.41. The van der Waals surface area contributed by atoms with E-state index >= 15 is 0 Å². The molecule has 0 spiro atoms. The van der Waals surface area contributed by atoms with Crippen LogP contribution in [-0.2, 0) is 11.2 Å². The van der Waals surface area contributed by atoms with E-state index in [4.69, 9.17) is 21.1 Å². The zero-order valence-electron chi connectivity index (χ0n) is 13.0. The summed E-state index contributed by atoms with van der Waals surface area (Å²) in [6.07, 6.45) is 3.72. The van der Waals surface area contributed by atoms with E-state index in [0.29, 0.717) is 30.9 Å². The van der Waals surface area contributed by atoms with Crippen molar-refractivity contribution in [2.45, 2.75) is 32.7 Å². The van der Waals surface area contributed by atoms with Crippen molar-refractivity contribution < 1.29 is 9.47 Å². The topological polar surface area (TPSA) is 30.5 Å². The van der Waals surface area contributed by atoms with Gasteiger partial charge in [-0.25, -0.2) is 0 Å². The van der Waals surface area contributed by atoms with Gasteiger partial charge in [0.25, 0.3) is 0 Å². The molecular weight excluding hydrogens is 286 g/mol. The molecule has 4 heteroatoms. The molecule has 0 aliphatic rings. The monoisotopic (exact) mass is 311 g/mol. The second kappa shape index (κ2) is 10.7. The first kappa shape index (κ1) is 18.0. The van der Waals surface area contributed by atoms with Crippen LogP contribution in [0, 0.1) is 0 Å². The van der Waals surface area contributed by atoms with Gasteiger partial charge in [0, 0.05) is 17.6 Å². The van der Waals surface area contributed by atoms with E-state index in [1.165, 1.54) is 0 Å². The van der Waals surface area contributed by atoms with E-state index in [-0.39, 0.29) is 0 Å². The summed E-state index contributed by atoms with van der Waals surface area (Å²) in [4.78, 5) is 0. The molecule has 3 nitrogen and oxygen atoms in total. The lowest BCUT2D eigenvalue weighted by molar-refractivity contribution is 0.100. The normalized spacial score (nSPS) is 12.1. The Hall–Kier alpha value is -1.03. The summed E-state index contributed by atoms with van der Waals surface area (Å²) >= 11 is 5.99. The highest BCUT2D eigenvalue weighted by atomic mass is 35.5. The van der Waals surface area contributed by atoms with Crippen molar-refractivity contribution in [3.63, 3.8) is 0 Å². The molecule has 21 heavy (non-hydrogen) atoms. The van der Waals surface area contributed by atoms with Gasteiger partial charge in [0.2, 0.25) is 0 Å². The van der Waals surface area contributed by atoms with Gasteiger partial charge < -0.3 is 14.8 Å². The first-order chi connectivity index (χ1) is 10.2. The number of rotatable bonds is 11. The third-order valence-electron chi connectivity index (χ3n) is 3.22. The number of hydrogen-bond acceptors (Lipinski definition) is 3. The summed E-state index contributed by atoms with van der Waals surface area (Å²) in [7, 11) is 0. The molecule has 1 rings (SSSR count). The zero-order valence-corrected chi connectivity index (χ0v) is 13.8. The van der Waals surface area contributed by atoms with Crippen molar-refractivity contribution in [3.05, 3.63) is 41.4 Å². The lowest BCUT2D eigenvalue weighted by atomic mass is 10.1. The van der Waals surface area contributed by atoms with Crippen molar-refractivity contribution in [1.29, 1.82) is 0 Å². The number of allylic oxidation sites excluding steroid dienone is 1. The summed E-state index contributed by atoms with van der Waals surface area (Å²) < 4.78 is 11.3. The van der Waals surface area contributed by atoms with Gasteiger partial charge in [0.15, 0.2) is 0 Å². The molecule has 0 unspecified atom stereocenters. The van der Waals surface area contributed by atoms with Gasteiger partial charge in [-0.05, 0) is 43.5 Å². The first-order valence-corrected chi connectivity index (χ1v) is 7.88. The predicted octanol–water partition coefficient (Wildman–Crippen LogP) is 3.85. The summed E-state index contributed by atoms with van der Waals surface area (Å²) in [5.74, 6) is 0.848. The zero-order chi connectivity index (χ0) is 15.5. The summed E-state index contributed by atoms with van der Waals surface area (Å²) in [5.41, 5.74) is 1.05. The summed E-state index contributed by atoms with van der Waals surface area (Å²) in [6, 6.07) is 6.18. The standard InChI is InChI=1S/C17H26ClNO2/c1-4-6-15-13-16(18)7-8-17(15)21-12-11-20-10-9-19-14(3)5-2/h4,7-8,13-14,19H,1,5-6,9-12H2,2-3H3/t14-/m1/s1. The van der Waals surface area contributed by atoms with Crippen molar-refractivity contribution in [1.82, 2.24) is 5.32 Å². The molecule has 0 saturated heterocycles. The SMILES string of the molecule is C=CCc1cc(Cl)ccc1OCCOCCN[C@H](C)CC. The van der Waals surface area contributed by atoms with Gasteiger partial charge in [-0.3, -0.25) is 0 Å². The Balaban J connectivity index is 2.22. The molecule has 0 aromatic heterocycles. The second-order valence-electron chi connectivity index (χ2n) is 4.97. The van der Waals surface area contributed by atoms with E-state index in [9.17, 15) is 0 Å². The van der Waals surface area contributed by atoms with Crippen LogP contribution in [0.3, 0.4) is 0 Å². The third-order valence-corrected chi connectivity index (χ3v) is 3.46. The van der Waals surface area contributed by atoms with Gasteiger partial charge >= 0.3 is 0 Å². The van der Waals surface area contributed by atoms with Gasteiger partial charge in [-0.2, -0.15) is 0 Å². The Morgan fingerprint density at radius 2 is 2.14 bits per heavy atom. The molecule has 0 bridgehead atoms. The van der Waals surface area contributed by atoms with Gasteiger partial charge in [0.05, 0.1) is 13.2 Å². The van der Waals surface area contributed by atoms with Crippen LogP contribution in [-0.4, -0.2) is 32.4 Å². The van der Waals surface area contributed by atoms with Crippen molar-refractivity contribution in [2.75, 3.05) is 26.4 Å². The molecule has 1 aromatic carbocycles. The van der Waals surface area contributed by atoms with Crippen LogP contribution in [0.5, 0.6) is 5.75 Å². The molecule has 1 atom stereocenters. The smallest absolute Gasteiger partial charge is 0.123 e. The minimum Gasteiger partial charge on any atom is -0.491 e. The third kappa shape index (κ3) is 7.51. The van der Waals surface area contributed by atoms with E-state index in [0.717, 1.165) is 30.7 Å². The maximum absolute atomic E-state index is 5.99. The van der Waals surface area contributed by atoms with Crippen LogP contribution in [0.25, 0.3) is 0 Å².